The number of fused-ring (bicyclic) bond motifs is 1. The van der Waals surface area contributed by atoms with Crippen LogP contribution in [0.15, 0.2) is 23.4 Å². The molecule has 1 aromatic carbocycles. The largest absolute Gasteiger partial charge is 0.493 e. The number of methoxy groups -OCH3 is 2. The predicted molar refractivity (Wildman–Crippen MR) is 130 cm³/mol. The summed E-state index contributed by atoms with van der Waals surface area (Å²) in [4.78, 5) is 9.37. The van der Waals surface area contributed by atoms with E-state index < -0.39 is 24.4 Å². The van der Waals surface area contributed by atoms with Crippen molar-refractivity contribution in [3.63, 3.8) is 0 Å². The van der Waals surface area contributed by atoms with Gasteiger partial charge in [0.15, 0.2) is 33.6 Å². The second-order valence-corrected chi connectivity index (χ2v) is 10.0. The highest BCUT2D eigenvalue weighted by Crippen LogP contribution is 2.45. The number of hydrogen-bond acceptors (Lipinski definition) is 11. The van der Waals surface area contributed by atoms with Crippen LogP contribution in [0.5, 0.6) is 11.5 Å². The number of thioether (sulfide) groups is 1. The van der Waals surface area contributed by atoms with Crippen LogP contribution in [0, 0.1) is 0 Å². The number of aliphatic hydroxyl groups is 3. The number of benzene rings is 1. The molecule has 0 radical (unpaired) electrons. The first kappa shape index (κ1) is 24.0. The van der Waals surface area contributed by atoms with Gasteiger partial charge in [0.2, 0.25) is 0 Å². The van der Waals surface area contributed by atoms with Crippen LogP contribution in [-0.4, -0.2) is 84.6 Å². The molecule has 0 saturated heterocycles. The SMILES string of the molecule is CCCSc1nc(NC2CC2c2ccc(OC)c(OC)c2)c2nnn([C@@H]3C[C@H](O)[C@@H](O)[C@H]3O)c2n1. The summed E-state index contributed by atoms with van der Waals surface area (Å²) in [5.41, 5.74) is 2.10. The maximum absolute atomic E-state index is 10.5. The van der Waals surface area contributed by atoms with Crippen molar-refractivity contribution in [3.8, 4) is 11.5 Å². The predicted octanol–water partition coefficient (Wildman–Crippen LogP) is 1.74. The molecule has 2 fully saturated rings. The first-order valence-electron chi connectivity index (χ1n) is 11.7. The summed E-state index contributed by atoms with van der Waals surface area (Å²) in [7, 11) is 3.24. The Morgan fingerprint density at radius 3 is 2.57 bits per heavy atom. The summed E-state index contributed by atoms with van der Waals surface area (Å²) in [6.45, 7) is 2.09. The van der Waals surface area contributed by atoms with Gasteiger partial charge in [-0.1, -0.05) is 30.0 Å². The molecule has 2 aromatic heterocycles. The van der Waals surface area contributed by atoms with Crippen LogP contribution in [0.3, 0.4) is 0 Å². The molecule has 6 atom stereocenters. The van der Waals surface area contributed by atoms with E-state index in [-0.39, 0.29) is 18.4 Å². The van der Waals surface area contributed by atoms with E-state index in [1.54, 1.807) is 14.2 Å². The van der Waals surface area contributed by atoms with Gasteiger partial charge in [-0.15, -0.1) is 5.10 Å². The summed E-state index contributed by atoms with van der Waals surface area (Å²) in [5.74, 6) is 3.11. The average Bonchev–Trinajstić information content (AvgIpc) is 3.43. The summed E-state index contributed by atoms with van der Waals surface area (Å²) in [6.07, 6.45) is -1.37. The second kappa shape index (κ2) is 9.76. The molecule has 2 unspecified atom stereocenters. The van der Waals surface area contributed by atoms with Gasteiger partial charge in [0.25, 0.3) is 0 Å². The average molecular weight is 503 g/mol. The van der Waals surface area contributed by atoms with E-state index in [0.717, 1.165) is 24.2 Å². The minimum absolute atomic E-state index is 0.154. The fourth-order valence-electron chi connectivity index (χ4n) is 4.60. The zero-order valence-corrected chi connectivity index (χ0v) is 20.6. The highest BCUT2D eigenvalue weighted by molar-refractivity contribution is 7.99. The minimum Gasteiger partial charge on any atom is -0.493 e. The van der Waals surface area contributed by atoms with Crippen molar-refractivity contribution < 1.29 is 24.8 Å². The van der Waals surface area contributed by atoms with Crippen LogP contribution in [-0.2, 0) is 0 Å². The Labute approximate surface area is 206 Å². The highest BCUT2D eigenvalue weighted by Gasteiger charge is 2.44. The molecule has 0 spiro atoms. The smallest absolute Gasteiger partial charge is 0.191 e. The molecule has 2 aliphatic carbocycles. The second-order valence-electron chi connectivity index (χ2n) is 8.97. The Morgan fingerprint density at radius 1 is 1.09 bits per heavy atom. The van der Waals surface area contributed by atoms with Crippen LogP contribution in [0.1, 0.15) is 43.7 Å². The van der Waals surface area contributed by atoms with Gasteiger partial charge < -0.3 is 30.1 Å². The molecule has 0 aliphatic heterocycles. The van der Waals surface area contributed by atoms with Crippen LogP contribution in [0.4, 0.5) is 5.82 Å². The van der Waals surface area contributed by atoms with Crippen molar-refractivity contribution >= 4 is 28.7 Å². The van der Waals surface area contributed by atoms with Gasteiger partial charge >= 0.3 is 0 Å². The lowest BCUT2D eigenvalue weighted by molar-refractivity contribution is -0.0253. The van der Waals surface area contributed by atoms with Crippen molar-refractivity contribution in [1.82, 2.24) is 25.0 Å². The highest BCUT2D eigenvalue weighted by atomic mass is 32.2. The topological polar surface area (TPSA) is 148 Å². The lowest BCUT2D eigenvalue weighted by Gasteiger charge is -2.16. The maximum Gasteiger partial charge on any atom is 0.191 e. The third-order valence-corrected chi connectivity index (χ3v) is 7.68. The first-order valence-corrected chi connectivity index (χ1v) is 12.7. The van der Waals surface area contributed by atoms with E-state index in [9.17, 15) is 15.3 Å². The fraction of sp³-hybridized carbons (Fsp3) is 0.565. The molecule has 3 aromatic rings. The number of aliphatic hydroxyl groups excluding tert-OH is 3. The number of ether oxygens (including phenoxy) is 2. The molecule has 12 heteroatoms. The van der Waals surface area contributed by atoms with Crippen molar-refractivity contribution in [2.75, 3.05) is 25.3 Å². The maximum atomic E-state index is 10.5. The van der Waals surface area contributed by atoms with E-state index in [1.165, 1.54) is 16.4 Å². The van der Waals surface area contributed by atoms with E-state index in [1.807, 2.05) is 18.2 Å². The Bertz CT molecular complexity index is 1210. The van der Waals surface area contributed by atoms with Crippen molar-refractivity contribution in [3.05, 3.63) is 23.8 Å². The third-order valence-electron chi connectivity index (χ3n) is 6.62. The summed E-state index contributed by atoms with van der Waals surface area (Å²) >= 11 is 1.54. The molecular formula is C23H30N6O5S. The number of nitrogens with zero attached hydrogens (tertiary/aromatic N) is 5. The lowest BCUT2D eigenvalue weighted by atomic mass is 10.1. The summed E-state index contributed by atoms with van der Waals surface area (Å²) in [6, 6.07) is 5.48. The summed E-state index contributed by atoms with van der Waals surface area (Å²) in [5, 5.41) is 43.2. The minimum atomic E-state index is -1.23. The standard InChI is InChI=1S/C23H30N6O5S/c1-4-7-35-23-25-21(24-13-9-12(13)11-5-6-16(33-2)17(8-11)34-3)18-22(26-23)29(28-27-18)14-10-15(30)20(32)19(14)31/h5-6,8,12-15,19-20,30-32H,4,7,9-10H2,1-3H3,(H,24,25,26)/t12?,13?,14-,15+,19+,20-/m1/s1. The third kappa shape index (κ3) is 4.51. The number of anilines is 1. The van der Waals surface area contributed by atoms with Crippen LogP contribution >= 0.6 is 11.8 Å². The molecule has 2 saturated carbocycles. The summed E-state index contributed by atoms with van der Waals surface area (Å²) < 4.78 is 12.3. The molecule has 5 rings (SSSR count). The van der Waals surface area contributed by atoms with Gasteiger partial charge in [0, 0.05) is 24.1 Å². The monoisotopic (exact) mass is 502 g/mol. The molecule has 35 heavy (non-hydrogen) atoms. The van der Waals surface area contributed by atoms with Gasteiger partial charge in [-0.3, -0.25) is 0 Å². The molecule has 11 nitrogen and oxygen atoms in total. The van der Waals surface area contributed by atoms with E-state index in [4.69, 9.17) is 14.5 Å². The molecule has 188 valence electrons. The molecule has 4 N–H and O–H groups in total. The van der Waals surface area contributed by atoms with Gasteiger partial charge in [-0.05, 0) is 30.5 Å². The van der Waals surface area contributed by atoms with Crippen molar-refractivity contribution in [1.29, 1.82) is 0 Å². The Kier molecular flexibility index (Phi) is 6.71. The van der Waals surface area contributed by atoms with Gasteiger partial charge in [-0.2, -0.15) is 0 Å². The first-order chi connectivity index (χ1) is 16.9. The zero-order chi connectivity index (χ0) is 24.7. The van der Waals surface area contributed by atoms with E-state index in [0.29, 0.717) is 33.6 Å². The molecule has 0 bridgehead atoms. The molecule has 2 aliphatic rings. The normalized spacial score (nSPS) is 27.8. The number of rotatable bonds is 9. The van der Waals surface area contributed by atoms with Crippen LogP contribution in [0.2, 0.25) is 0 Å². The molecular weight excluding hydrogens is 472 g/mol. The van der Waals surface area contributed by atoms with Crippen molar-refractivity contribution in [2.45, 2.75) is 67.7 Å². The zero-order valence-electron chi connectivity index (χ0n) is 19.8. The molecule has 2 heterocycles. The van der Waals surface area contributed by atoms with Crippen LogP contribution < -0.4 is 14.8 Å². The van der Waals surface area contributed by atoms with Crippen molar-refractivity contribution in [2.24, 2.45) is 0 Å². The fourth-order valence-corrected chi connectivity index (χ4v) is 5.29. The Hall–Kier alpha value is -2.67. The number of hydrogen-bond donors (Lipinski definition) is 4. The Morgan fingerprint density at radius 2 is 1.89 bits per heavy atom. The van der Waals surface area contributed by atoms with Gasteiger partial charge in [-0.25, -0.2) is 14.6 Å². The van der Waals surface area contributed by atoms with E-state index in [2.05, 4.69) is 27.5 Å². The van der Waals surface area contributed by atoms with E-state index >= 15 is 0 Å². The number of nitrogens with one attached hydrogen (secondary N) is 1. The molecule has 0 amide bonds. The van der Waals surface area contributed by atoms with Gasteiger partial charge in [0.05, 0.1) is 26.4 Å². The Balaban J connectivity index is 1.43. The van der Waals surface area contributed by atoms with Gasteiger partial charge in [0.1, 0.15) is 12.2 Å². The number of aromatic nitrogens is 5. The lowest BCUT2D eigenvalue weighted by Crippen LogP contribution is -2.31. The van der Waals surface area contributed by atoms with Crippen LogP contribution in [0.25, 0.3) is 11.2 Å². The quantitative estimate of drug-likeness (QED) is 0.250.